The van der Waals surface area contributed by atoms with Gasteiger partial charge in [-0.2, -0.15) is 10.4 Å². The summed E-state index contributed by atoms with van der Waals surface area (Å²) in [5, 5.41) is 13.4. The number of nitriles is 1. The first kappa shape index (κ1) is 10.9. The summed E-state index contributed by atoms with van der Waals surface area (Å²) in [7, 11) is 1.78. The van der Waals surface area contributed by atoms with E-state index in [1.54, 1.807) is 30.1 Å². The number of aromatic nitrogens is 3. The lowest BCUT2D eigenvalue weighted by Gasteiger charge is -2.06. The lowest BCUT2D eigenvalue weighted by molar-refractivity contribution is 0.775. The lowest BCUT2D eigenvalue weighted by atomic mass is 10.1. The summed E-state index contributed by atoms with van der Waals surface area (Å²) in [6, 6.07) is 5.39. The number of hydrogen-bond donors (Lipinski definition) is 0. The second-order valence-corrected chi connectivity index (χ2v) is 3.86. The number of rotatable bonds is 1. The maximum Gasteiger partial charge on any atom is 0.149 e. The molecule has 80 valence electrons. The molecule has 0 saturated carbocycles. The van der Waals surface area contributed by atoms with Crippen molar-refractivity contribution in [3.05, 3.63) is 34.2 Å². The monoisotopic (exact) mass is 252 g/mol. The van der Waals surface area contributed by atoms with Crippen molar-refractivity contribution in [3.63, 3.8) is 0 Å². The van der Waals surface area contributed by atoms with E-state index in [2.05, 4.69) is 10.1 Å². The van der Waals surface area contributed by atoms with E-state index < -0.39 is 0 Å². The number of halogens is 2. The summed E-state index contributed by atoms with van der Waals surface area (Å²) < 4.78 is 1.64. The molecule has 16 heavy (non-hydrogen) atoms. The molecule has 0 aromatic carbocycles. The smallest absolute Gasteiger partial charge is 0.149 e. The fraction of sp³-hybridized carbons (Fsp3) is 0.100. The highest BCUT2D eigenvalue weighted by molar-refractivity contribution is 6.33. The van der Waals surface area contributed by atoms with Crippen LogP contribution in [-0.2, 0) is 7.05 Å². The van der Waals surface area contributed by atoms with E-state index in [9.17, 15) is 0 Å². The van der Waals surface area contributed by atoms with Crippen molar-refractivity contribution in [1.82, 2.24) is 14.8 Å². The molecular weight excluding hydrogens is 247 g/mol. The summed E-state index contributed by atoms with van der Waals surface area (Å²) in [5.74, 6) is 0. The average molecular weight is 253 g/mol. The SMILES string of the molecule is Cn1nccc1-c1cc(Cl)nc(Cl)c1C#N. The first-order chi connectivity index (χ1) is 7.63. The molecule has 0 atom stereocenters. The summed E-state index contributed by atoms with van der Waals surface area (Å²) in [5.41, 5.74) is 1.70. The minimum Gasteiger partial charge on any atom is -0.268 e. The first-order valence-electron chi connectivity index (χ1n) is 4.38. The lowest BCUT2D eigenvalue weighted by Crippen LogP contribution is -1.97. The quantitative estimate of drug-likeness (QED) is 0.734. The Morgan fingerprint density at radius 3 is 2.75 bits per heavy atom. The van der Waals surface area contributed by atoms with Crippen molar-refractivity contribution in [1.29, 1.82) is 5.26 Å². The van der Waals surface area contributed by atoms with Gasteiger partial charge in [-0.3, -0.25) is 4.68 Å². The Hall–Kier alpha value is -1.57. The van der Waals surface area contributed by atoms with Crippen LogP contribution in [0.4, 0.5) is 0 Å². The highest BCUT2D eigenvalue weighted by Gasteiger charge is 2.14. The Morgan fingerprint density at radius 1 is 1.44 bits per heavy atom. The van der Waals surface area contributed by atoms with Crippen molar-refractivity contribution in [2.75, 3.05) is 0 Å². The van der Waals surface area contributed by atoms with Gasteiger partial charge in [0.1, 0.15) is 16.4 Å². The molecule has 6 heteroatoms. The topological polar surface area (TPSA) is 54.5 Å². The zero-order chi connectivity index (χ0) is 11.7. The molecule has 0 aliphatic carbocycles. The van der Waals surface area contributed by atoms with Crippen LogP contribution in [0.15, 0.2) is 18.3 Å². The van der Waals surface area contributed by atoms with Gasteiger partial charge in [0.25, 0.3) is 0 Å². The van der Waals surface area contributed by atoms with Gasteiger partial charge in [-0.25, -0.2) is 4.98 Å². The number of hydrogen-bond acceptors (Lipinski definition) is 3. The van der Waals surface area contributed by atoms with Crippen LogP contribution < -0.4 is 0 Å². The fourth-order valence-corrected chi connectivity index (χ4v) is 1.90. The Kier molecular flexibility index (Phi) is 2.82. The Bertz CT molecular complexity index is 583. The van der Waals surface area contributed by atoms with Crippen LogP contribution in [0, 0.1) is 11.3 Å². The normalized spacial score (nSPS) is 10.1. The van der Waals surface area contributed by atoms with Crippen LogP contribution in [0.3, 0.4) is 0 Å². The largest absolute Gasteiger partial charge is 0.268 e. The van der Waals surface area contributed by atoms with Crippen molar-refractivity contribution in [2.45, 2.75) is 0 Å². The Balaban J connectivity index is 2.75. The van der Waals surface area contributed by atoms with E-state index >= 15 is 0 Å². The fourth-order valence-electron chi connectivity index (χ4n) is 1.43. The van der Waals surface area contributed by atoms with Gasteiger partial charge >= 0.3 is 0 Å². The Labute approximate surface area is 102 Å². The third-order valence-corrected chi connectivity index (χ3v) is 2.62. The zero-order valence-corrected chi connectivity index (χ0v) is 9.79. The summed E-state index contributed by atoms with van der Waals surface area (Å²) >= 11 is 11.7. The predicted octanol–water partition coefficient (Wildman–Crippen LogP) is 2.66. The molecule has 2 heterocycles. The van der Waals surface area contributed by atoms with E-state index in [1.165, 1.54) is 0 Å². The maximum atomic E-state index is 9.03. The molecule has 0 bridgehead atoms. The predicted molar refractivity (Wildman–Crippen MR) is 61.2 cm³/mol. The maximum absolute atomic E-state index is 9.03. The van der Waals surface area contributed by atoms with Crippen molar-refractivity contribution in [3.8, 4) is 17.3 Å². The second-order valence-electron chi connectivity index (χ2n) is 3.11. The van der Waals surface area contributed by atoms with E-state index in [-0.39, 0.29) is 10.3 Å². The second kappa shape index (κ2) is 4.12. The molecule has 0 unspecified atom stereocenters. The van der Waals surface area contributed by atoms with Crippen molar-refractivity contribution in [2.24, 2.45) is 7.05 Å². The van der Waals surface area contributed by atoms with Crippen LogP contribution in [-0.4, -0.2) is 14.8 Å². The highest BCUT2D eigenvalue weighted by atomic mass is 35.5. The molecular formula is C10H6Cl2N4. The van der Waals surface area contributed by atoms with Crippen molar-refractivity contribution < 1.29 is 0 Å². The van der Waals surface area contributed by atoms with Gasteiger partial charge in [0.2, 0.25) is 0 Å². The van der Waals surface area contributed by atoms with E-state index in [0.717, 1.165) is 5.69 Å². The molecule has 0 aliphatic rings. The summed E-state index contributed by atoms with van der Waals surface area (Å²) in [6.45, 7) is 0. The minimum atomic E-state index is 0.103. The van der Waals surface area contributed by atoms with Gasteiger partial charge in [0.15, 0.2) is 0 Å². The molecule has 0 saturated heterocycles. The van der Waals surface area contributed by atoms with Crippen LogP contribution in [0.1, 0.15) is 5.56 Å². The number of nitrogens with zero attached hydrogens (tertiary/aromatic N) is 4. The molecule has 2 aromatic rings. The third-order valence-electron chi connectivity index (χ3n) is 2.15. The first-order valence-corrected chi connectivity index (χ1v) is 5.13. The van der Waals surface area contributed by atoms with Crippen LogP contribution in [0.5, 0.6) is 0 Å². The molecule has 0 N–H and O–H groups in total. The molecule has 0 aliphatic heterocycles. The molecule has 2 rings (SSSR count). The van der Waals surface area contributed by atoms with E-state index in [0.29, 0.717) is 11.1 Å². The molecule has 0 radical (unpaired) electrons. The molecule has 2 aromatic heterocycles. The zero-order valence-electron chi connectivity index (χ0n) is 8.28. The minimum absolute atomic E-state index is 0.103. The van der Waals surface area contributed by atoms with Gasteiger partial charge in [-0.1, -0.05) is 23.2 Å². The van der Waals surface area contributed by atoms with E-state index in [1.807, 2.05) is 6.07 Å². The molecule has 0 spiro atoms. The van der Waals surface area contributed by atoms with Crippen LogP contribution in [0.2, 0.25) is 10.3 Å². The van der Waals surface area contributed by atoms with E-state index in [4.69, 9.17) is 28.5 Å². The average Bonchev–Trinajstić information content (AvgIpc) is 2.63. The summed E-state index contributed by atoms with van der Waals surface area (Å²) in [4.78, 5) is 3.82. The van der Waals surface area contributed by atoms with Gasteiger partial charge in [-0.15, -0.1) is 0 Å². The van der Waals surface area contributed by atoms with Gasteiger partial charge < -0.3 is 0 Å². The number of aryl methyl sites for hydroxylation is 1. The Morgan fingerprint density at radius 2 is 2.19 bits per heavy atom. The molecule has 0 fully saturated rings. The number of pyridine rings is 1. The van der Waals surface area contributed by atoms with Gasteiger partial charge in [0, 0.05) is 18.8 Å². The molecule has 4 nitrogen and oxygen atoms in total. The van der Waals surface area contributed by atoms with Gasteiger partial charge in [-0.05, 0) is 12.1 Å². The van der Waals surface area contributed by atoms with Crippen LogP contribution in [0.25, 0.3) is 11.3 Å². The van der Waals surface area contributed by atoms with Crippen LogP contribution >= 0.6 is 23.2 Å². The third kappa shape index (κ3) is 1.75. The molecule has 0 amide bonds. The standard InChI is InChI=1S/C10H6Cl2N4/c1-16-8(2-3-14-16)6-4-9(11)15-10(12)7(6)5-13/h2-4H,1H3. The highest BCUT2D eigenvalue weighted by Crippen LogP contribution is 2.29. The summed E-state index contributed by atoms with van der Waals surface area (Å²) in [6.07, 6.45) is 1.64. The van der Waals surface area contributed by atoms with Gasteiger partial charge in [0.05, 0.1) is 11.3 Å². The van der Waals surface area contributed by atoms with Crippen molar-refractivity contribution >= 4 is 23.2 Å².